The van der Waals surface area contributed by atoms with E-state index in [9.17, 15) is 13.2 Å². The lowest BCUT2D eigenvalue weighted by Crippen LogP contribution is -2.09. The van der Waals surface area contributed by atoms with Gasteiger partial charge in [-0.2, -0.15) is 0 Å². The molecule has 1 amide bonds. The summed E-state index contributed by atoms with van der Waals surface area (Å²) in [6.07, 6.45) is 4.12. The lowest BCUT2D eigenvalue weighted by molar-refractivity contribution is -0.111. The van der Waals surface area contributed by atoms with Crippen molar-refractivity contribution in [2.45, 2.75) is 6.92 Å². The van der Waals surface area contributed by atoms with E-state index in [0.29, 0.717) is 28.4 Å². The summed E-state index contributed by atoms with van der Waals surface area (Å²) in [5.41, 5.74) is 3.19. The monoisotopic (exact) mass is 371 g/mol. The van der Waals surface area contributed by atoms with Gasteiger partial charge in [0.15, 0.2) is 11.5 Å². The average molecular weight is 371 g/mol. The van der Waals surface area contributed by atoms with Crippen molar-refractivity contribution in [1.29, 1.82) is 0 Å². The van der Waals surface area contributed by atoms with E-state index in [-0.39, 0.29) is 5.91 Å². The molecule has 3 rings (SSSR count). The number of anilines is 2. The van der Waals surface area contributed by atoms with Crippen molar-refractivity contribution >= 4 is 44.5 Å². The van der Waals surface area contributed by atoms with E-state index in [1.807, 2.05) is 0 Å². The fourth-order valence-corrected chi connectivity index (χ4v) is 2.92. The Balaban J connectivity index is 1.64. The molecular formula is C18H17N3O4S. The first-order valence-corrected chi connectivity index (χ1v) is 9.62. The number of aryl methyl sites for hydroxylation is 1. The number of oxazole rings is 1. The Kier molecular flexibility index (Phi) is 4.77. The van der Waals surface area contributed by atoms with E-state index < -0.39 is 10.0 Å². The smallest absolute Gasteiger partial charge is 0.248 e. The number of nitrogens with zero attached hydrogens (tertiary/aromatic N) is 1. The fraction of sp³-hybridized carbons (Fsp3) is 0.111. The molecule has 26 heavy (non-hydrogen) atoms. The molecule has 0 radical (unpaired) electrons. The number of sulfonamides is 1. The van der Waals surface area contributed by atoms with E-state index in [4.69, 9.17) is 4.42 Å². The second kappa shape index (κ2) is 7.01. The number of hydrogen-bond acceptors (Lipinski definition) is 5. The Morgan fingerprint density at radius 2 is 1.81 bits per heavy atom. The third kappa shape index (κ3) is 4.70. The van der Waals surface area contributed by atoms with E-state index in [1.54, 1.807) is 55.5 Å². The average Bonchev–Trinajstić information content (AvgIpc) is 2.92. The minimum atomic E-state index is -3.31. The molecule has 134 valence electrons. The van der Waals surface area contributed by atoms with Gasteiger partial charge < -0.3 is 9.73 Å². The maximum Gasteiger partial charge on any atom is 0.248 e. The highest BCUT2D eigenvalue weighted by Gasteiger charge is 2.05. The van der Waals surface area contributed by atoms with Crippen LogP contribution < -0.4 is 10.0 Å². The van der Waals surface area contributed by atoms with Gasteiger partial charge in [0.2, 0.25) is 15.9 Å². The first-order valence-electron chi connectivity index (χ1n) is 7.73. The summed E-state index contributed by atoms with van der Waals surface area (Å²) in [7, 11) is -3.31. The highest BCUT2D eigenvalue weighted by molar-refractivity contribution is 7.92. The van der Waals surface area contributed by atoms with Crippen LogP contribution in [0.15, 0.2) is 53.0 Å². The van der Waals surface area contributed by atoms with Gasteiger partial charge in [-0.1, -0.05) is 12.1 Å². The highest BCUT2D eigenvalue weighted by atomic mass is 32.2. The van der Waals surface area contributed by atoms with Crippen LogP contribution in [0.4, 0.5) is 11.4 Å². The molecule has 0 saturated carbocycles. The van der Waals surface area contributed by atoms with Crippen molar-refractivity contribution in [2.24, 2.45) is 0 Å². The quantitative estimate of drug-likeness (QED) is 0.671. The molecule has 0 saturated heterocycles. The predicted octanol–water partition coefficient (Wildman–Crippen LogP) is 3.16. The third-order valence-corrected chi connectivity index (χ3v) is 4.01. The minimum Gasteiger partial charge on any atom is -0.441 e. The number of fused-ring (bicyclic) bond motifs is 1. The van der Waals surface area contributed by atoms with E-state index in [2.05, 4.69) is 15.0 Å². The first-order chi connectivity index (χ1) is 12.3. The number of aromatic nitrogens is 1. The zero-order chi connectivity index (χ0) is 18.7. The summed E-state index contributed by atoms with van der Waals surface area (Å²) in [6.45, 7) is 1.76. The summed E-state index contributed by atoms with van der Waals surface area (Å²) in [4.78, 5) is 16.3. The number of nitrogens with one attached hydrogen (secondary N) is 2. The van der Waals surface area contributed by atoms with Crippen molar-refractivity contribution < 1.29 is 17.6 Å². The summed E-state index contributed by atoms with van der Waals surface area (Å²) in [5.74, 6) is 0.278. The number of rotatable bonds is 5. The molecule has 3 aromatic rings. The molecule has 0 unspecified atom stereocenters. The van der Waals surface area contributed by atoms with Crippen molar-refractivity contribution in [3.63, 3.8) is 0 Å². The number of carbonyl (C=O) groups is 1. The molecule has 0 spiro atoms. The Labute approximate surface area is 150 Å². The SMILES string of the molecule is Cc1nc2cc(NC(=O)/C=C/c3ccc(NS(C)(=O)=O)cc3)ccc2o1. The Hall–Kier alpha value is -3.13. The van der Waals surface area contributed by atoms with Crippen LogP contribution in [-0.2, 0) is 14.8 Å². The number of benzene rings is 2. The largest absolute Gasteiger partial charge is 0.441 e. The standard InChI is InChI=1S/C18H17N3O4S/c1-12-19-16-11-15(8-9-17(16)25-12)20-18(22)10-5-13-3-6-14(7-4-13)21-26(2,23)24/h3-11,21H,1-2H3,(H,20,22)/b10-5+. The maximum atomic E-state index is 12.0. The van der Waals surface area contributed by atoms with E-state index >= 15 is 0 Å². The first kappa shape index (κ1) is 17.7. The molecule has 0 aliphatic heterocycles. The third-order valence-electron chi connectivity index (χ3n) is 3.40. The lowest BCUT2D eigenvalue weighted by Gasteiger charge is -2.04. The maximum absolute atomic E-state index is 12.0. The van der Waals surface area contributed by atoms with Crippen LogP contribution >= 0.6 is 0 Å². The normalized spacial score (nSPS) is 11.8. The lowest BCUT2D eigenvalue weighted by atomic mass is 10.2. The van der Waals surface area contributed by atoms with Gasteiger partial charge in [-0.15, -0.1) is 0 Å². The van der Waals surface area contributed by atoms with Gasteiger partial charge in [0, 0.05) is 24.4 Å². The molecule has 0 aliphatic carbocycles. The Bertz CT molecular complexity index is 1080. The minimum absolute atomic E-state index is 0.289. The summed E-state index contributed by atoms with van der Waals surface area (Å²) in [6, 6.07) is 11.9. The fourth-order valence-electron chi connectivity index (χ4n) is 2.35. The van der Waals surface area contributed by atoms with Crippen molar-refractivity contribution in [2.75, 3.05) is 16.3 Å². The predicted molar refractivity (Wildman–Crippen MR) is 101 cm³/mol. The molecule has 0 atom stereocenters. The number of carbonyl (C=O) groups excluding carboxylic acids is 1. The highest BCUT2D eigenvalue weighted by Crippen LogP contribution is 2.19. The molecule has 8 heteroatoms. The van der Waals surface area contributed by atoms with Crippen molar-refractivity contribution in [3.8, 4) is 0 Å². The van der Waals surface area contributed by atoms with Gasteiger partial charge >= 0.3 is 0 Å². The molecule has 2 aromatic carbocycles. The van der Waals surface area contributed by atoms with Crippen LogP contribution in [0.2, 0.25) is 0 Å². The van der Waals surface area contributed by atoms with E-state index in [0.717, 1.165) is 11.8 Å². The number of amides is 1. The molecule has 1 aromatic heterocycles. The van der Waals surface area contributed by atoms with Gasteiger partial charge in [-0.25, -0.2) is 13.4 Å². The van der Waals surface area contributed by atoms with Gasteiger partial charge in [0.25, 0.3) is 0 Å². The molecular weight excluding hydrogens is 354 g/mol. The summed E-state index contributed by atoms with van der Waals surface area (Å²) < 4.78 is 30.1. The molecule has 0 bridgehead atoms. The Morgan fingerprint density at radius 3 is 2.50 bits per heavy atom. The number of hydrogen-bond donors (Lipinski definition) is 2. The second-order valence-electron chi connectivity index (χ2n) is 5.73. The van der Waals surface area contributed by atoms with Crippen molar-refractivity contribution in [3.05, 3.63) is 60.0 Å². The summed E-state index contributed by atoms with van der Waals surface area (Å²) >= 11 is 0. The van der Waals surface area contributed by atoms with E-state index in [1.165, 1.54) is 6.08 Å². The van der Waals surface area contributed by atoms with Gasteiger partial charge in [-0.05, 0) is 42.0 Å². The molecule has 0 aliphatic rings. The van der Waals surface area contributed by atoms with Crippen LogP contribution in [0.1, 0.15) is 11.5 Å². The van der Waals surface area contributed by atoms with Gasteiger partial charge in [0.1, 0.15) is 5.52 Å². The van der Waals surface area contributed by atoms with Gasteiger partial charge in [-0.3, -0.25) is 9.52 Å². The van der Waals surface area contributed by atoms with Crippen LogP contribution in [0.3, 0.4) is 0 Å². The topological polar surface area (TPSA) is 101 Å². The van der Waals surface area contributed by atoms with Crippen LogP contribution in [0.25, 0.3) is 17.2 Å². The summed E-state index contributed by atoms with van der Waals surface area (Å²) in [5, 5.41) is 2.76. The second-order valence-corrected chi connectivity index (χ2v) is 7.48. The molecule has 7 nitrogen and oxygen atoms in total. The van der Waals surface area contributed by atoms with Crippen LogP contribution in [-0.4, -0.2) is 25.6 Å². The zero-order valence-electron chi connectivity index (χ0n) is 14.2. The van der Waals surface area contributed by atoms with Gasteiger partial charge in [0.05, 0.1) is 6.26 Å². The molecule has 1 heterocycles. The molecule has 0 fully saturated rings. The van der Waals surface area contributed by atoms with Crippen LogP contribution in [0, 0.1) is 6.92 Å². The van der Waals surface area contributed by atoms with Crippen molar-refractivity contribution in [1.82, 2.24) is 4.98 Å². The Morgan fingerprint density at radius 1 is 1.12 bits per heavy atom. The van der Waals surface area contributed by atoms with Crippen LogP contribution in [0.5, 0.6) is 0 Å². The zero-order valence-corrected chi connectivity index (χ0v) is 15.0. The molecule has 2 N–H and O–H groups in total.